The highest BCUT2D eigenvalue weighted by Crippen LogP contribution is 2.47. The number of allylic oxidation sites excluding steroid dienone is 2. The average molecular weight is 873 g/mol. The van der Waals surface area contributed by atoms with E-state index < -0.39 is 90.8 Å². The second kappa shape index (κ2) is 19.7. The summed E-state index contributed by atoms with van der Waals surface area (Å²) in [5.41, 5.74) is 0.134. The van der Waals surface area contributed by atoms with Gasteiger partial charge in [0.05, 0.1) is 49.3 Å². The fourth-order valence-electron chi connectivity index (χ4n) is 10.6. The molecule has 0 aromatic carbocycles. The molecule has 0 unspecified atom stereocenters. The summed E-state index contributed by atoms with van der Waals surface area (Å²) in [5.74, 6) is -2.56. The molecular weight excluding hydrogens is 801 g/mol. The summed E-state index contributed by atoms with van der Waals surface area (Å²) in [4.78, 5) is 14.3. The minimum Gasteiger partial charge on any atom is -0.462 e. The van der Waals surface area contributed by atoms with Crippen LogP contribution in [-0.4, -0.2) is 139 Å². The maximum Gasteiger partial charge on any atom is 0.316 e. The molecule has 4 saturated heterocycles. The SMILES string of the molecule is CC[C@H](C)[C@H]1O[C@]2(C=C[C@@H]1C)C[C@@H]1C[C@@H](C/C=C(/C)[C@@H](O[C@H]3C[C@H](OC)[C@@H](O[C@H]4C[C@H](OC)[C@@H](O)[C@H](C)O4)[C@H](C)O3)[C@@H](C)/C=C\C=C3\CO[C@@H]4[C@H](O)C(C)=C[C@H](C(=O)O1)[C@]34O)O2. The number of ether oxygens (including phenoxy) is 10. The molecule has 7 aliphatic rings. The van der Waals surface area contributed by atoms with Crippen LogP contribution < -0.4 is 0 Å². The van der Waals surface area contributed by atoms with Gasteiger partial charge in [-0.15, -0.1) is 0 Å². The zero-order valence-electron chi connectivity index (χ0n) is 38.2. The largest absolute Gasteiger partial charge is 0.462 e. The molecule has 3 N–H and O–H groups in total. The van der Waals surface area contributed by atoms with E-state index in [1.54, 1.807) is 40.2 Å². The lowest BCUT2D eigenvalue weighted by atomic mass is 9.71. The number of aliphatic hydroxyl groups is 3. The number of esters is 1. The van der Waals surface area contributed by atoms with Gasteiger partial charge >= 0.3 is 5.97 Å². The number of fused-ring (bicyclic) bond motifs is 2. The first-order chi connectivity index (χ1) is 29.5. The van der Waals surface area contributed by atoms with Crippen molar-refractivity contribution in [3.8, 4) is 0 Å². The molecule has 1 aliphatic carbocycles. The molecule has 0 amide bonds. The van der Waals surface area contributed by atoms with E-state index in [2.05, 4.69) is 39.8 Å². The summed E-state index contributed by atoms with van der Waals surface area (Å²) in [6.07, 6.45) is 8.55. The number of hydrogen-bond acceptors (Lipinski definition) is 14. The van der Waals surface area contributed by atoms with Crippen LogP contribution in [0.4, 0.5) is 0 Å². The van der Waals surface area contributed by atoms with Crippen molar-refractivity contribution in [2.75, 3.05) is 20.8 Å². The van der Waals surface area contributed by atoms with Gasteiger partial charge in [0.1, 0.15) is 42.0 Å². The molecular formula is C48H72O14. The Morgan fingerprint density at radius 3 is 2.32 bits per heavy atom. The van der Waals surface area contributed by atoms with Crippen LogP contribution in [0, 0.1) is 23.7 Å². The van der Waals surface area contributed by atoms with E-state index in [-0.39, 0.29) is 42.7 Å². The Bertz CT molecular complexity index is 1730. The monoisotopic (exact) mass is 872 g/mol. The minimum absolute atomic E-state index is 0.0317. The van der Waals surface area contributed by atoms with Gasteiger partial charge in [-0.1, -0.05) is 70.6 Å². The van der Waals surface area contributed by atoms with E-state index in [0.29, 0.717) is 43.3 Å². The number of methoxy groups -OCH3 is 2. The first-order valence-electron chi connectivity index (χ1n) is 22.9. The van der Waals surface area contributed by atoms with Crippen LogP contribution in [0.5, 0.6) is 0 Å². The van der Waals surface area contributed by atoms with Crippen molar-refractivity contribution in [2.45, 2.75) is 191 Å². The van der Waals surface area contributed by atoms with Gasteiger partial charge in [0.2, 0.25) is 0 Å². The predicted molar refractivity (Wildman–Crippen MR) is 227 cm³/mol. The maximum atomic E-state index is 14.3. The third kappa shape index (κ3) is 9.64. The average Bonchev–Trinajstić information content (AvgIpc) is 3.58. The molecule has 6 heterocycles. The van der Waals surface area contributed by atoms with Crippen LogP contribution in [0.1, 0.15) is 93.9 Å². The van der Waals surface area contributed by atoms with Crippen LogP contribution in [0.3, 0.4) is 0 Å². The van der Waals surface area contributed by atoms with Gasteiger partial charge in [-0.3, -0.25) is 4.79 Å². The Labute approximate surface area is 367 Å². The number of aliphatic hydroxyl groups excluding tert-OH is 2. The Morgan fingerprint density at radius 1 is 0.887 bits per heavy atom. The van der Waals surface area contributed by atoms with Crippen molar-refractivity contribution in [2.24, 2.45) is 23.7 Å². The lowest BCUT2D eigenvalue weighted by Gasteiger charge is -2.48. The standard InChI is InChI=1S/C48H72O14/c1-11-25(2)43-28(5)17-18-47(62-43)23-34-20-33(61-47)16-15-27(4)42(26(3)13-12-14-32-24-55-45-40(49)29(6)19-35(46(51)58-34)48(32,45)52)59-39-22-37(54-10)44(31(8)57-39)60-38-21-36(53-9)41(50)30(7)56-38/h12-15,17-19,25-26,28,30-31,33-45,49-50,52H,11,16,20-24H2,1-10H3/b13-12-,27-15-,32-14-/t25-,26-,28-,30-,31-,33+,34-,35+,36-,37-,38-,39-,40+,41-,42-,43+,44-,45+,47+,48+/m0/s1. The fraction of sp³-hybridized carbons (Fsp3) is 0.771. The van der Waals surface area contributed by atoms with E-state index in [9.17, 15) is 20.1 Å². The number of carbonyl (C=O) groups is 1. The molecule has 7 rings (SSSR count). The van der Waals surface area contributed by atoms with E-state index in [0.717, 1.165) is 12.0 Å². The zero-order chi connectivity index (χ0) is 44.7. The van der Waals surface area contributed by atoms with Crippen LogP contribution in [0.2, 0.25) is 0 Å². The molecule has 0 radical (unpaired) electrons. The summed E-state index contributed by atoms with van der Waals surface area (Å²) in [7, 11) is 3.22. The summed E-state index contributed by atoms with van der Waals surface area (Å²) >= 11 is 0. The minimum atomic E-state index is -1.84. The van der Waals surface area contributed by atoms with Gasteiger partial charge in [0.15, 0.2) is 18.4 Å². The third-order valence-electron chi connectivity index (χ3n) is 14.5. The van der Waals surface area contributed by atoms with Crippen molar-refractivity contribution in [1.82, 2.24) is 0 Å². The molecule has 0 saturated carbocycles. The Kier molecular flexibility index (Phi) is 15.1. The highest BCUT2D eigenvalue weighted by Gasteiger charge is 2.60. The molecule has 14 nitrogen and oxygen atoms in total. The molecule has 348 valence electrons. The van der Waals surface area contributed by atoms with Gasteiger partial charge in [0.25, 0.3) is 0 Å². The van der Waals surface area contributed by atoms with E-state index in [1.165, 1.54) is 0 Å². The fourth-order valence-corrected chi connectivity index (χ4v) is 10.6. The third-order valence-corrected chi connectivity index (χ3v) is 14.5. The summed E-state index contributed by atoms with van der Waals surface area (Å²) in [6, 6.07) is 0. The van der Waals surface area contributed by atoms with Gasteiger partial charge in [-0.25, -0.2) is 0 Å². The van der Waals surface area contributed by atoms with Crippen molar-refractivity contribution >= 4 is 5.97 Å². The number of carbonyl (C=O) groups excluding carboxylic acids is 1. The topological polar surface area (TPSA) is 170 Å². The van der Waals surface area contributed by atoms with Crippen molar-refractivity contribution in [3.05, 3.63) is 59.3 Å². The molecule has 1 spiro atoms. The smallest absolute Gasteiger partial charge is 0.316 e. The second-order valence-electron chi connectivity index (χ2n) is 19.0. The highest BCUT2D eigenvalue weighted by atomic mass is 16.7. The second-order valence-corrected chi connectivity index (χ2v) is 19.0. The summed E-state index contributed by atoms with van der Waals surface area (Å²) < 4.78 is 63.7. The first kappa shape index (κ1) is 47.6. The van der Waals surface area contributed by atoms with E-state index in [1.807, 2.05) is 32.1 Å². The Hall–Kier alpha value is -2.31. The Balaban J connectivity index is 1.18. The predicted octanol–water partition coefficient (Wildman–Crippen LogP) is 5.38. The van der Waals surface area contributed by atoms with Crippen molar-refractivity contribution < 1.29 is 67.5 Å². The molecule has 20 atom stereocenters. The summed E-state index contributed by atoms with van der Waals surface area (Å²) in [6.45, 7) is 16.1. The lowest BCUT2D eigenvalue weighted by molar-refractivity contribution is -0.318. The molecule has 4 fully saturated rings. The molecule has 6 aliphatic heterocycles. The molecule has 0 aromatic rings. The summed E-state index contributed by atoms with van der Waals surface area (Å²) in [5, 5.41) is 34.2. The molecule has 0 aromatic heterocycles. The van der Waals surface area contributed by atoms with Crippen LogP contribution >= 0.6 is 0 Å². The first-order valence-corrected chi connectivity index (χ1v) is 22.9. The van der Waals surface area contributed by atoms with E-state index in [4.69, 9.17) is 47.4 Å². The highest BCUT2D eigenvalue weighted by molar-refractivity contribution is 5.78. The van der Waals surface area contributed by atoms with Crippen LogP contribution in [0.15, 0.2) is 59.3 Å². The van der Waals surface area contributed by atoms with Gasteiger partial charge < -0.3 is 62.7 Å². The molecule has 14 heteroatoms. The molecule has 2 bridgehead atoms. The van der Waals surface area contributed by atoms with E-state index >= 15 is 0 Å². The normalized spacial score (nSPS) is 49.1. The number of hydrogen-bond donors (Lipinski definition) is 3. The lowest BCUT2D eigenvalue weighted by Crippen LogP contribution is -2.58. The molecule has 62 heavy (non-hydrogen) atoms. The van der Waals surface area contributed by atoms with Gasteiger partial charge in [-0.05, 0) is 62.8 Å². The zero-order valence-corrected chi connectivity index (χ0v) is 38.2. The van der Waals surface area contributed by atoms with Crippen molar-refractivity contribution in [3.63, 3.8) is 0 Å². The maximum absolute atomic E-state index is 14.3. The Morgan fingerprint density at radius 2 is 1.60 bits per heavy atom. The van der Waals surface area contributed by atoms with Gasteiger partial charge in [0, 0.05) is 51.7 Å². The van der Waals surface area contributed by atoms with Crippen LogP contribution in [0.25, 0.3) is 0 Å². The number of rotatable bonds is 8. The van der Waals surface area contributed by atoms with Gasteiger partial charge in [-0.2, -0.15) is 0 Å². The van der Waals surface area contributed by atoms with Crippen LogP contribution in [-0.2, 0) is 52.2 Å². The quantitative estimate of drug-likeness (QED) is 0.210. The van der Waals surface area contributed by atoms with Crippen molar-refractivity contribution in [1.29, 1.82) is 0 Å².